The van der Waals surface area contributed by atoms with Crippen LogP contribution in [0.1, 0.15) is 6.92 Å². The number of aliphatic hydroxyl groups excluding tert-OH is 2. The first kappa shape index (κ1) is 19.9. The third-order valence-corrected chi connectivity index (χ3v) is 3.84. The highest BCUT2D eigenvalue weighted by Gasteiger charge is 2.48. The lowest BCUT2D eigenvalue weighted by Gasteiger charge is -2.43. The molecule has 0 aromatic heterocycles. The first-order valence-corrected chi connectivity index (χ1v) is 7.97. The molecule has 1 fully saturated rings. The minimum atomic E-state index is -1.31. The van der Waals surface area contributed by atoms with Gasteiger partial charge >= 0.3 is 0 Å². The standard InChI is InChI=1S/C14H19NO9S/c1-8(17)15-11-13(22-25-24-23-19)12(18)10(7-16)21-14(11)20-9-5-3-2-4-6-9/h2-6,10-14,16,18-19H,7H2,1H3,(H,15,17)/t10?,11?,12-,13+,14?/m0/s1. The van der Waals surface area contributed by atoms with E-state index in [0.717, 1.165) is 0 Å². The minimum absolute atomic E-state index is 0.239. The molecule has 1 aromatic rings. The Hall–Kier alpha value is -1.44. The van der Waals surface area contributed by atoms with E-state index in [4.69, 9.17) is 18.9 Å². The van der Waals surface area contributed by atoms with Gasteiger partial charge in [-0.05, 0) is 12.1 Å². The summed E-state index contributed by atoms with van der Waals surface area (Å²) in [6, 6.07) is 7.72. The van der Waals surface area contributed by atoms with Crippen LogP contribution in [0.25, 0.3) is 0 Å². The topological polar surface area (TPSA) is 136 Å². The Balaban J connectivity index is 2.21. The molecule has 0 radical (unpaired) electrons. The number of ether oxygens (including phenoxy) is 2. The highest BCUT2D eigenvalue weighted by molar-refractivity contribution is 7.89. The number of nitrogens with one attached hydrogen (secondary N) is 1. The van der Waals surface area contributed by atoms with Crippen molar-refractivity contribution in [2.75, 3.05) is 6.61 Å². The van der Waals surface area contributed by atoms with E-state index >= 15 is 0 Å². The second kappa shape index (κ2) is 9.89. The number of hydrogen-bond acceptors (Lipinski definition) is 10. The van der Waals surface area contributed by atoms with Gasteiger partial charge in [0.25, 0.3) is 0 Å². The van der Waals surface area contributed by atoms with Gasteiger partial charge in [-0.25, -0.2) is 5.26 Å². The average Bonchev–Trinajstić information content (AvgIpc) is 2.60. The van der Waals surface area contributed by atoms with Gasteiger partial charge in [-0.2, -0.15) is 0 Å². The smallest absolute Gasteiger partial charge is 0.223 e. The van der Waals surface area contributed by atoms with Crippen molar-refractivity contribution in [1.29, 1.82) is 0 Å². The Morgan fingerprint density at radius 1 is 1.36 bits per heavy atom. The van der Waals surface area contributed by atoms with E-state index in [2.05, 4.69) is 14.7 Å². The van der Waals surface area contributed by atoms with Crippen LogP contribution in [0.3, 0.4) is 0 Å². The maximum Gasteiger partial charge on any atom is 0.223 e. The number of carbonyl (C=O) groups excluding carboxylic acids is 1. The maximum absolute atomic E-state index is 11.5. The zero-order valence-corrected chi connectivity index (χ0v) is 14.0. The number of rotatable bonds is 8. The van der Waals surface area contributed by atoms with Crippen molar-refractivity contribution in [3.63, 3.8) is 0 Å². The lowest BCUT2D eigenvalue weighted by atomic mass is 9.97. The maximum atomic E-state index is 11.5. The number of benzene rings is 1. The van der Waals surface area contributed by atoms with Crippen LogP contribution in [0.15, 0.2) is 30.3 Å². The number of carbonyl (C=O) groups is 1. The lowest BCUT2D eigenvalue weighted by molar-refractivity contribution is -0.434. The molecule has 1 aromatic carbocycles. The Kier molecular flexibility index (Phi) is 7.87. The molecule has 1 heterocycles. The second-order valence-corrected chi connectivity index (χ2v) is 5.61. The summed E-state index contributed by atoms with van der Waals surface area (Å²) in [7, 11) is 0. The minimum Gasteiger partial charge on any atom is -0.463 e. The Labute approximate surface area is 147 Å². The molecule has 11 heteroatoms. The van der Waals surface area contributed by atoms with Crippen molar-refractivity contribution in [3.8, 4) is 5.75 Å². The molecule has 4 N–H and O–H groups in total. The van der Waals surface area contributed by atoms with Crippen molar-refractivity contribution in [1.82, 2.24) is 5.32 Å². The molecule has 0 spiro atoms. The van der Waals surface area contributed by atoms with Crippen molar-refractivity contribution in [2.24, 2.45) is 0 Å². The predicted molar refractivity (Wildman–Crippen MR) is 83.7 cm³/mol. The molecule has 10 nitrogen and oxygen atoms in total. The molecule has 5 atom stereocenters. The molecule has 1 amide bonds. The van der Waals surface area contributed by atoms with Gasteiger partial charge in [0.15, 0.2) is 12.3 Å². The highest BCUT2D eigenvalue weighted by Crippen LogP contribution is 2.28. The fourth-order valence-electron chi connectivity index (χ4n) is 2.38. The van der Waals surface area contributed by atoms with E-state index in [1.165, 1.54) is 6.92 Å². The van der Waals surface area contributed by atoms with E-state index in [-0.39, 0.29) is 12.3 Å². The summed E-state index contributed by atoms with van der Waals surface area (Å²) in [5.74, 6) is 0.0418. The van der Waals surface area contributed by atoms with Crippen LogP contribution in [-0.2, 0) is 23.1 Å². The molecule has 1 aliphatic rings. The van der Waals surface area contributed by atoms with E-state index in [9.17, 15) is 15.0 Å². The van der Waals surface area contributed by atoms with E-state index < -0.39 is 43.2 Å². The SMILES string of the molecule is CC(=O)NC1C(Oc2ccccc2)OC(CO)[C@H](O)[C@@H]1OSOOO. The van der Waals surface area contributed by atoms with E-state index in [0.29, 0.717) is 5.75 Å². The van der Waals surface area contributed by atoms with Gasteiger partial charge in [0, 0.05) is 6.92 Å². The Morgan fingerprint density at radius 3 is 2.68 bits per heavy atom. The second-order valence-electron chi connectivity index (χ2n) is 5.14. The van der Waals surface area contributed by atoms with Crippen LogP contribution in [0.5, 0.6) is 5.75 Å². The fraction of sp³-hybridized carbons (Fsp3) is 0.500. The molecule has 0 bridgehead atoms. The predicted octanol–water partition coefficient (Wildman–Crippen LogP) is 0.0178. The zero-order chi connectivity index (χ0) is 18.2. The quantitative estimate of drug-likeness (QED) is 0.212. The van der Waals surface area contributed by atoms with Gasteiger partial charge in [0.2, 0.25) is 12.2 Å². The number of para-hydroxylation sites is 1. The summed E-state index contributed by atoms with van der Waals surface area (Å²) in [5, 5.41) is 33.9. The largest absolute Gasteiger partial charge is 0.463 e. The van der Waals surface area contributed by atoms with E-state index in [1.54, 1.807) is 30.3 Å². The summed E-state index contributed by atoms with van der Waals surface area (Å²) in [5.41, 5.74) is 0. The van der Waals surface area contributed by atoms with Crippen molar-refractivity contribution in [3.05, 3.63) is 30.3 Å². The van der Waals surface area contributed by atoms with Gasteiger partial charge in [-0.3, -0.25) is 8.98 Å². The zero-order valence-electron chi connectivity index (χ0n) is 13.2. The van der Waals surface area contributed by atoms with Crippen LogP contribution in [0, 0.1) is 0 Å². The van der Waals surface area contributed by atoms with Crippen molar-refractivity contribution in [2.45, 2.75) is 37.6 Å². The summed E-state index contributed by atoms with van der Waals surface area (Å²) in [6.45, 7) is 0.770. The third kappa shape index (κ3) is 5.52. The van der Waals surface area contributed by atoms with Gasteiger partial charge < -0.3 is 25.0 Å². The van der Waals surface area contributed by atoms with Gasteiger partial charge in [0.05, 0.1) is 6.61 Å². The fourth-order valence-corrected chi connectivity index (χ4v) is 2.76. The number of aliphatic hydroxyl groups is 2. The molecular weight excluding hydrogens is 358 g/mol. The number of amides is 1. The Bertz CT molecular complexity index is 534. The molecule has 0 aliphatic carbocycles. The molecule has 140 valence electrons. The van der Waals surface area contributed by atoms with Crippen molar-refractivity contribution < 1.29 is 43.3 Å². The molecule has 2 rings (SSSR count). The number of hydrogen-bond donors (Lipinski definition) is 4. The monoisotopic (exact) mass is 377 g/mol. The van der Waals surface area contributed by atoms with E-state index in [1.807, 2.05) is 0 Å². The van der Waals surface area contributed by atoms with Crippen LogP contribution in [0.2, 0.25) is 0 Å². The van der Waals surface area contributed by atoms with Gasteiger partial charge in [0.1, 0.15) is 30.1 Å². The molecule has 1 saturated heterocycles. The average molecular weight is 377 g/mol. The van der Waals surface area contributed by atoms with Crippen LogP contribution >= 0.6 is 12.3 Å². The van der Waals surface area contributed by atoms with Crippen LogP contribution < -0.4 is 10.1 Å². The first-order chi connectivity index (χ1) is 12.1. The first-order valence-electron chi connectivity index (χ1n) is 7.30. The van der Waals surface area contributed by atoms with Crippen LogP contribution in [0.4, 0.5) is 0 Å². The molecule has 1 aliphatic heterocycles. The van der Waals surface area contributed by atoms with Crippen molar-refractivity contribution >= 4 is 18.2 Å². The summed E-state index contributed by atoms with van der Waals surface area (Å²) < 4.78 is 20.6. The highest BCUT2D eigenvalue weighted by atomic mass is 32.2. The molecule has 0 saturated carbocycles. The molecule has 3 unspecified atom stereocenters. The molecule has 25 heavy (non-hydrogen) atoms. The molecular formula is C14H19NO9S. The summed E-state index contributed by atoms with van der Waals surface area (Å²) >= 11 is 0.239. The van der Waals surface area contributed by atoms with Crippen LogP contribution in [-0.4, -0.2) is 58.6 Å². The summed E-state index contributed by atoms with van der Waals surface area (Å²) in [4.78, 5) is 11.5. The van der Waals surface area contributed by atoms with Gasteiger partial charge in [-0.1, -0.05) is 23.2 Å². The summed E-state index contributed by atoms with van der Waals surface area (Å²) in [6.07, 6.45) is -4.50. The third-order valence-electron chi connectivity index (χ3n) is 3.43. The normalized spacial score (nSPS) is 29.2. The lowest BCUT2D eigenvalue weighted by Crippen LogP contribution is -2.65. The Morgan fingerprint density at radius 2 is 2.08 bits per heavy atom. The van der Waals surface area contributed by atoms with Gasteiger partial charge in [-0.15, -0.1) is 4.33 Å².